The van der Waals surface area contributed by atoms with Crippen molar-refractivity contribution in [3.8, 4) is 5.75 Å². The van der Waals surface area contributed by atoms with Crippen LogP contribution in [-0.4, -0.2) is 64.2 Å². The van der Waals surface area contributed by atoms with Gasteiger partial charge in [0.2, 0.25) is 15.9 Å². The molecule has 3 aromatic carbocycles. The summed E-state index contributed by atoms with van der Waals surface area (Å²) in [5.41, 5.74) is 5.18. The van der Waals surface area contributed by atoms with Crippen LogP contribution < -0.4 is 25.0 Å². The number of nitrogens with zero attached hydrogens (tertiary/aromatic N) is 2. The van der Waals surface area contributed by atoms with Gasteiger partial charge >= 0.3 is 0 Å². The number of hydrogen-bond donors (Lipinski definition) is 3. The van der Waals surface area contributed by atoms with Gasteiger partial charge in [-0.05, 0) is 74.7 Å². The summed E-state index contributed by atoms with van der Waals surface area (Å²) >= 11 is 0. The Morgan fingerprint density at radius 1 is 0.862 bits per heavy atom. The lowest BCUT2D eigenvalue weighted by Crippen LogP contribution is -2.34. The van der Waals surface area contributed by atoms with Gasteiger partial charge in [0.15, 0.2) is 5.78 Å². The highest BCUT2D eigenvalue weighted by Gasteiger charge is 2.30. The summed E-state index contributed by atoms with van der Waals surface area (Å²) in [5, 5.41) is 5.97. The fraction of sp³-hybridized carbons (Fsp3) is 0.478. The normalized spacial score (nSPS) is 13.8. The second-order valence-corrected chi connectivity index (χ2v) is 16.9. The van der Waals surface area contributed by atoms with E-state index in [2.05, 4.69) is 27.2 Å². The Morgan fingerprint density at radius 3 is 2.16 bits per heavy atom. The van der Waals surface area contributed by atoms with E-state index in [1.807, 2.05) is 63.2 Å². The molecule has 0 saturated heterocycles. The largest absolute Gasteiger partial charge is 0.494 e. The fourth-order valence-electron chi connectivity index (χ4n) is 7.16. The molecule has 1 unspecified atom stereocenters. The molecule has 0 bridgehead atoms. The number of fused-ring (bicyclic) bond motifs is 1. The van der Waals surface area contributed by atoms with Crippen LogP contribution in [0.15, 0.2) is 77.3 Å². The van der Waals surface area contributed by atoms with E-state index in [0.717, 1.165) is 30.3 Å². The number of carbonyl (C=O) groups excluding carboxylic acids is 3. The first kappa shape index (κ1) is 45.9. The SMILES string of the molecule is CCCCCCCCCCCCOc1ccc(NC(C)=O)c(C(CC)NC(=O)C2=CC(=Nc3ccc(N(CC)CCNS(C)(=O)=O)cc3C)c3ccccc3C2=O)c1. The number of nitrogens with one attached hydrogen (secondary N) is 3. The number of likely N-dealkylation sites (N-methyl/N-ethyl adjacent to an activating group) is 1. The summed E-state index contributed by atoms with van der Waals surface area (Å²) in [5.74, 6) is -0.527. The predicted molar refractivity (Wildman–Crippen MR) is 236 cm³/mol. The van der Waals surface area contributed by atoms with Gasteiger partial charge < -0.3 is 20.3 Å². The van der Waals surface area contributed by atoms with Crippen molar-refractivity contribution in [2.45, 2.75) is 111 Å². The Morgan fingerprint density at radius 2 is 1.53 bits per heavy atom. The Kier molecular flexibility index (Phi) is 18.2. The van der Waals surface area contributed by atoms with Crippen molar-refractivity contribution in [3.05, 3.63) is 94.6 Å². The first-order valence-corrected chi connectivity index (χ1v) is 22.8. The molecule has 1 aliphatic rings. The Labute approximate surface area is 346 Å². The lowest BCUT2D eigenvalue weighted by molar-refractivity contribution is -0.118. The Bertz CT molecular complexity index is 2040. The second-order valence-electron chi connectivity index (χ2n) is 15.0. The molecule has 314 valence electrons. The molecule has 0 radical (unpaired) electrons. The number of allylic oxidation sites excluding steroid dienone is 1. The molecule has 11 nitrogen and oxygen atoms in total. The van der Waals surface area contributed by atoms with Gasteiger partial charge in [0, 0.05) is 54.6 Å². The molecule has 0 aromatic heterocycles. The number of hydrogen-bond acceptors (Lipinski definition) is 8. The summed E-state index contributed by atoms with van der Waals surface area (Å²) < 4.78 is 31.8. The maximum atomic E-state index is 14.1. The topological polar surface area (TPSA) is 146 Å². The van der Waals surface area contributed by atoms with Crippen LogP contribution in [0.25, 0.3) is 0 Å². The van der Waals surface area contributed by atoms with Crippen LogP contribution in [0, 0.1) is 6.92 Å². The number of aryl methyl sites for hydroxylation is 1. The number of ketones is 1. The molecule has 1 atom stereocenters. The first-order chi connectivity index (χ1) is 27.8. The van der Waals surface area contributed by atoms with E-state index < -0.39 is 27.8 Å². The van der Waals surface area contributed by atoms with Gasteiger partial charge in [0.05, 0.1) is 35.9 Å². The molecule has 12 heteroatoms. The molecule has 0 heterocycles. The van der Waals surface area contributed by atoms with Gasteiger partial charge in [-0.25, -0.2) is 18.1 Å². The molecule has 0 saturated carbocycles. The van der Waals surface area contributed by atoms with Gasteiger partial charge in [0.1, 0.15) is 5.75 Å². The van der Waals surface area contributed by atoms with Crippen LogP contribution in [0.3, 0.4) is 0 Å². The number of rotatable bonds is 24. The number of sulfonamides is 1. The molecule has 3 N–H and O–H groups in total. The highest BCUT2D eigenvalue weighted by Crippen LogP contribution is 2.32. The monoisotopic (exact) mass is 813 g/mol. The number of aliphatic imine (C=N–C) groups is 1. The molecule has 1 aliphatic carbocycles. The average Bonchev–Trinajstić information content (AvgIpc) is 3.19. The number of Topliss-reactive ketones (excluding diaryl/α,β-unsaturated/α-hetero) is 1. The van der Waals surface area contributed by atoms with Gasteiger partial charge in [-0.3, -0.25) is 14.4 Å². The molecular formula is C46H63N5O6S. The van der Waals surface area contributed by atoms with E-state index in [9.17, 15) is 22.8 Å². The highest BCUT2D eigenvalue weighted by molar-refractivity contribution is 7.88. The van der Waals surface area contributed by atoms with E-state index in [-0.39, 0.29) is 18.0 Å². The standard InChI is InChI=1S/C46H63N5O6S/c1-7-10-11-12-13-14-15-16-17-20-29-57-36-24-26-43(48-34(5)52)39(31-36)41(8-2)50-46(54)40-32-44(37-21-18-19-22-38(37)45(40)53)49-42-25-23-35(30-33(42)4)51(9-3)28-27-47-58(6,55)56/h18-19,21-26,30-32,41,47H,7-17,20,27-29H2,1-6H3,(H,48,52)(H,50,54). The molecule has 58 heavy (non-hydrogen) atoms. The lowest BCUT2D eigenvalue weighted by atomic mass is 9.88. The number of carbonyl (C=O) groups is 3. The van der Waals surface area contributed by atoms with Crippen LogP contribution in [0.4, 0.5) is 17.1 Å². The molecule has 3 aromatic rings. The number of anilines is 2. The van der Waals surface area contributed by atoms with Gasteiger partial charge in [-0.2, -0.15) is 0 Å². The average molecular weight is 814 g/mol. The Balaban J connectivity index is 1.51. The fourth-order valence-corrected chi connectivity index (χ4v) is 7.62. The van der Waals surface area contributed by atoms with Crippen molar-refractivity contribution in [2.75, 3.05) is 42.7 Å². The van der Waals surface area contributed by atoms with Gasteiger partial charge in [-0.1, -0.05) is 95.9 Å². The van der Waals surface area contributed by atoms with Gasteiger partial charge in [0.25, 0.3) is 5.91 Å². The predicted octanol–water partition coefficient (Wildman–Crippen LogP) is 9.14. The van der Waals surface area contributed by atoms with Crippen LogP contribution >= 0.6 is 0 Å². The third-order valence-corrected chi connectivity index (χ3v) is 11.0. The van der Waals surface area contributed by atoms with Crippen molar-refractivity contribution in [1.82, 2.24) is 10.0 Å². The van der Waals surface area contributed by atoms with E-state index in [1.54, 1.807) is 24.3 Å². The smallest absolute Gasteiger partial charge is 0.255 e. The van der Waals surface area contributed by atoms with E-state index >= 15 is 0 Å². The van der Waals surface area contributed by atoms with Crippen molar-refractivity contribution in [2.24, 2.45) is 4.99 Å². The molecular weight excluding hydrogens is 751 g/mol. The van der Waals surface area contributed by atoms with Crippen molar-refractivity contribution in [3.63, 3.8) is 0 Å². The number of ether oxygens (including phenoxy) is 1. The van der Waals surface area contributed by atoms with Crippen molar-refractivity contribution in [1.29, 1.82) is 0 Å². The zero-order valence-corrected chi connectivity index (χ0v) is 36.1. The molecule has 0 spiro atoms. The number of amides is 2. The summed E-state index contributed by atoms with van der Waals surface area (Å²) in [6.45, 7) is 11.6. The zero-order chi connectivity index (χ0) is 42.1. The van der Waals surface area contributed by atoms with E-state index in [0.29, 0.717) is 65.6 Å². The quantitative estimate of drug-likeness (QED) is 0.0604. The van der Waals surface area contributed by atoms with Crippen LogP contribution in [-0.2, 0) is 19.6 Å². The maximum Gasteiger partial charge on any atom is 0.255 e. The minimum Gasteiger partial charge on any atom is -0.494 e. The van der Waals surface area contributed by atoms with Crippen LogP contribution in [0.2, 0.25) is 0 Å². The zero-order valence-electron chi connectivity index (χ0n) is 35.3. The van der Waals surface area contributed by atoms with Gasteiger partial charge in [-0.15, -0.1) is 0 Å². The van der Waals surface area contributed by atoms with Crippen LogP contribution in [0.5, 0.6) is 5.75 Å². The molecule has 0 aliphatic heterocycles. The minimum atomic E-state index is -3.29. The van der Waals surface area contributed by atoms with E-state index in [1.165, 1.54) is 58.3 Å². The summed E-state index contributed by atoms with van der Waals surface area (Å²) in [6.07, 6.45) is 15.5. The second kappa shape index (κ2) is 23.0. The lowest BCUT2D eigenvalue weighted by Gasteiger charge is -2.24. The minimum absolute atomic E-state index is 0.0323. The highest BCUT2D eigenvalue weighted by atomic mass is 32.2. The van der Waals surface area contributed by atoms with E-state index in [4.69, 9.17) is 9.73 Å². The van der Waals surface area contributed by atoms with Crippen LogP contribution in [0.1, 0.15) is 131 Å². The third kappa shape index (κ3) is 13.9. The molecule has 0 fully saturated rings. The summed E-state index contributed by atoms with van der Waals surface area (Å²) in [6, 6.07) is 17.9. The summed E-state index contributed by atoms with van der Waals surface area (Å²) in [7, 11) is -3.29. The number of unbranched alkanes of at least 4 members (excludes halogenated alkanes) is 9. The molecule has 2 amide bonds. The van der Waals surface area contributed by atoms with Crippen molar-refractivity contribution >= 4 is 50.4 Å². The maximum absolute atomic E-state index is 14.1. The third-order valence-electron chi connectivity index (χ3n) is 10.3. The first-order valence-electron chi connectivity index (χ1n) is 20.9. The number of benzene rings is 3. The summed E-state index contributed by atoms with van der Waals surface area (Å²) in [4.78, 5) is 47.2. The van der Waals surface area contributed by atoms with Crippen molar-refractivity contribution < 1.29 is 27.5 Å². The molecule has 4 rings (SSSR count). The Hall–Kier alpha value is -4.81.